The molecule has 0 aliphatic heterocycles. The van der Waals surface area contributed by atoms with Gasteiger partial charge in [0.15, 0.2) is 5.78 Å². The Labute approximate surface area is 167 Å². The molecule has 0 saturated heterocycles. The molecule has 4 aliphatic rings. The number of carbonyl (C=O) groups excluding carboxylic acids is 3. The van der Waals surface area contributed by atoms with Gasteiger partial charge < -0.3 is 14.6 Å². The number of ketones is 1. The van der Waals surface area contributed by atoms with Gasteiger partial charge in [-0.25, -0.2) is 0 Å². The third-order valence-corrected chi connectivity index (χ3v) is 8.00. The van der Waals surface area contributed by atoms with Crippen LogP contribution >= 0.6 is 0 Å². The van der Waals surface area contributed by atoms with Crippen molar-refractivity contribution in [2.45, 2.75) is 77.7 Å². The first-order valence-corrected chi connectivity index (χ1v) is 10.8. The van der Waals surface area contributed by atoms with Crippen molar-refractivity contribution in [3.8, 4) is 0 Å². The van der Waals surface area contributed by atoms with Crippen molar-refractivity contribution >= 4 is 18.0 Å². The standard InChI is InChI=1S/C19H26O3.C4H8O2/c1-18-8-6-14(21)10-12(18)2-4-15-16(18)7-9-19(22)13(11-20)3-5-17(15)19;1-3-6-4(2)5/h10-11,13,15-17,22H,2-9H2,1H3;3H2,1-2H3. The molecule has 0 radical (unpaired) electrons. The smallest absolute Gasteiger partial charge is 0.302 e. The fourth-order valence-electron chi connectivity index (χ4n) is 6.63. The van der Waals surface area contributed by atoms with Gasteiger partial charge >= 0.3 is 5.97 Å². The monoisotopic (exact) mass is 390 g/mol. The largest absolute Gasteiger partial charge is 0.466 e. The lowest BCUT2D eigenvalue weighted by Gasteiger charge is -2.57. The number of hydrogen-bond acceptors (Lipinski definition) is 5. The summed E-state index contributed by atoms with van der Waals surface area (Å²) >= 11 is 0. The fraction of sp³-hybridized carbons (Fsp3) is 0.783. The highest BCUT2D eigenvalue weighted by Gasteiger charge is 2.60. The number of aldehydes is 1. The Bertz CT molecular complexity index is 668. The molecule has 0 heterocycles. The molecule has 1 N–H and O–H groups in total. The quantitative estimate of drug-likeness (QED) is 0.575. The predicted molar refractivity (Wildman–Crippen MR) is 105 cm³/mol. The van der Waals surface area contributed by atoms with Crippen molar-refractivity contribution in [3.05, 3.63) is 11.6 Å². The van der Waals surface area contributed by atoms with Gasteiger partial charge in [0, 0.05) is 19.3 Å². The zero-order valence-corrected chi connectivity index (χ0v) is 17.4. The first kappa shape index (κ1) is 21.2. The molecule has 0 aromatic rings. The topological polar surface area (TPSA) is 80.7 Å². The molecule has 0 bridgehead atoms. The number of rotatable bonds is 2. The van der Waals surface area contributed by atoms with E-state index in [2.05, 4.69) is 11.7 Å². The van der Waals surface area contributed by atoms with Gasteiger partial charge in [0.25, 0.3) is 0 Å². The Balaban J connectivity index is 0.000000330. The van der Waals surface area contributed by atoms with Crippen LogP contribution in [0.25, 0.3) is 0 Å². The van der Waals surface area contributed by atoms with E-state index in [0.717, 1.165) is 51.2 Å². The zero-order chi connectivity index (χ0) is 20.5. The average Bonchev–Trinajstić information content (AvgIpc) is 2.99. The lowest BCUT2D eigenvalue weighted by atomic mass is 9.49. The molecule has 3 fully saturated rings. The number of aliphatic hydroxyl groups is 1. The Morgan fingerprint density at radius 3 is 2.57 bits per heavy atom. The summed E-state index contributed by atoms with van der Waals surface area (Å²) in [5, 5.41) is 11.1. The molecule has 6 unspecified atom stereocenters. The van der Waals surface area contributed by atoms with Crippen molar-refractivity contribution in [1.29, 1.82) is 0 Å². The second-order valence-electron chi connectivity index (χ2n) is 9.24. The molecule has 4 rings (SSSR count). The Morgan fingerprint density at radius 2 is 1.96 bits per heavy atom. The van der Waals surface area contributed by atoms with E-state index < -0.39 is 5.60 Å². The highest BCUT2D eigenvalue weighted by Crippen LogP contribution is 2.63. The minimum atomic E-state index is -0.745. The van der Waals surface area contributed by atoms with E-state index in [1.165, 1.54) is 12.5 Å². The van der Waals surface area contributed by atoms with Crippen molar-refractivity contribution in [3.63, 3.8) is 0 Å². The van der Waals surface area contributed by atoms with Gasteiger partial charge in [0.05, 0.1) is 12.2 Å². The van der Waals surface area contributed by atoms with Crippen LogP contribution < -0.4 is 0 Å². The van der Waals surface area contributed by atoms with E-state index in [4.69, 9.17) is 0 Å². The minimum Gasteiger partial charge on any atom is -0.466 e. The van der Waals surface area contributed by atoms with Gasteiger partial charge in [0.2, 0.25) is 0 Å². The maximum Gasteiger partial charge on any atom is 0.302 e. The molecule has 5 heteroatoms. The second kappa shape index (κ2) is 8.10. The Kier molecular flexibility index (Phi) is 6.14. The van der Waals surface area contributed by atoms with Crippen LogP contribution in [0.3, 0.4) is 0 Å². The minimum absolute atomic E-state index is 0.150. The molecule has 28 heavy (non-hydrogen) atoms. The number of carbonyl (C=O) groups is 3. The number of ether oxygens (including phenoxy) is 1. The highest BCUT2D eigenvalue weighted by atomic mass is 16.5. The third-order valence-electron chi connectivity index (χ3n) is 8.00. The SMILES string of the molecule is CC12CCC(=O)C=C1CCC1C2CCC2(O)C(C=O)CCC12.CCOC(C)=O. The van der Waals surface area contributed by atoms with Crippen molar-refractivity contribution in [1.82, 2.24) is 0 Å². The van der Waals surface area contributed by atoms with Crippen LogP contribution in [0, 0.1) is 29.1 Å². The number of fused-ring (bicyclic) bond motifs is 5. The van der Waals surface area contributed by atoms with E-state index in [1.807, 2.05) is 6.08 Å². The van der Waals surface area contributed by atoms with Gasteiger partial charge in [0.1, 0.15) is 6.29 Å². The third kappa shape index (κ3) is 3.58. The molecular formula is C23H34O5. The van der Waals surface area contributed by atoms with Crippen molar-refractivity contribution in [2.24, 2.45) is 29.1 Å². The number of allylic oxidation sites excluding steroid dienone is 1. The zero-order valence-electron chi connectivity index (χ0n) is 17.4. The first-order valence-electron chi connectivity index (χ1n) is 10.8. The molecule has 4 aliphatic carbocycles. The maximum atomic E-state index is 11.8. The van der Waals surface area contributed by atoms with E-state index >= 15 is 0 Å². The summed E-state index contributed by atoms with van der Waals surface area (Å²) in [6.45, 7) is 6.00. The Morgan fingerprint density at radius 1 is 1.21 bits per heavy atom. The fourth-order valence-corrected chi connectivity index (χ4v) is 6.63. The summed E-state index contributed by atoms with van der Waals surface area (Å²) in [6, 6.07) is 0. The normalized spacial score (nSPS) is 41.4. The lowest BCUT2D eigenvalue weighted by molar-refractivity contribution is -0.141. The van der Waals surface area contributed by atoms with Crippen LogP contribution in [0.1, 0.15) is 72.1 Å². The van der Waals surface area contributed by atoms with Crippen molar-refractivity contribution in [2.75, 3.05) is 6.61 Å². The van der Waals surface area contributed by atoms with Gasteiger partial charge in [-0.05, 0) is 81.1 Å². The van der Waals surface area contributed by atoms with Crippen LogP contribution in [-0.4, -0.2) is 35.4 Å². The van der Waals surface area contributed by atoms with Crippen LogP contribution in [0.2, 0.25) is 0 Å². The Hall–Kier alpha value is -1.49. The first-order chi connectivity index (χ1) is 13.3. The van der Waals surface area contributed by atoms with E-state index in [1.54, 1.807) is 6.92 Å². The maximum absolute atomic E-state index is 11.8. The molecule has 3 saturated carbocycles. The predicted octanol–water partition coefficient (Wildman–Crippen LogP) is 3.63. The lowest BCUT2D eigenvalue weighted by Crippen LogP contribution is -2.54. The summed E-state index contributed by atoms with van der Waals surface area (Å²) < 4.78 is 4.40. The van der Waals surface area contributed by atoms with E-state index in [-0.39, 0.29) is 23.2 Å². The van der Waals surface area contributed by atoms with Gasteiger partial charge in [-0.2, -0.15) is 0 Å². The van der Waals surface area contributed by atoms with Crippen molar-refractivity contribution < 1.29 is 24.2 Å². The number of esters is 1. The number of hydrogen-bond donors (Lipinski definition) is 1. The molecule has 5 nitrogen and oxygen atoms in total. The molecular weight excluding hydrogens is 356 g/mol. The van der Waals surface area contributed by atoms with Crippen LogP contribution in [-0.2, 0) is 19.1 Å². The summed E-state index contributed by atoms with van der Waals surface area (Å²) in [6.07, 6.45) is 10.3. The molecule has 0 aromatic heterocycles. The van der Waals surface area contributed by atoms with Crippen LogP contribution in [0.4, 0.5) is 0 Å². The molecule has 0 aromatic carbocycles. The summed E-state index contributed by atoms with van der Waals surface area (Å²) in [5.74, 6) is 1.32. The molecule has 156 valence electrons. The van der Waals surface area contributed by atoms with Crippen LogP contribution in [0.15, 0.2) is 11.6 Å². The summed E-state index contributed by atoms with van der Waals surface area (Å²) in [4.78, 5) is 32.9. The summed E-state index contributed by atoms with van der Waals surface area (Å²) in [7, 11) is 0. The second-order valence-corrected chi connectivity index (χ2v) is 9.24. The molecule has 0 spiro atoms. The molecule has 0 amide bonds. The summed E-state index contributed by atoms with van der Waals surface area (Å²) in [5.41, 5.74) is 0.767. The molecule has 6 atom stereocenters. The van der Waals surface area contributed by atoms with Gasteiger partial charge in [-0.15, -0.1) is 0 Å². The highest BCUT2D eigenvalue weighted by molar-refractivity contribution is 5.91. The van der Waals surface area contributed by atoms with Gasteiger partial charge in [-0.1, -0.05) is 12.5 Å². The van der Waals surface area contributed by atoms with Gasteiger partial charge in [-0.3, -0.25) is 9.59 Å². The van der Waals surface area contributed by atoms with E-state index in [0.29, 0.717) is 30.6 Å². The van der Waals surface area contributed by atoms with E-state index in [9.17, 15) is 19.5 Å². The average molecular weight is 391 g/mol. The van der Waals surface area contributed by atoms with Crippen LogP contribution in [0.5, 0.6) is 0 Å².